The first-order valence-corrected chi connectivity index (χ1v) is 5.42. The zero-order chi connectivity index (χ0) is 8.93. The molecule has 2 fully saturated rings. The topological polar surface area (TPSA) is 30.5 Å². The molecule has 2 rings (SSSR count). The van der Waals surface area contributed by atoms with E-state index in [2.05, 4.69) is 5.32 Å². The third-order valence-corrected chi connectivity index (χ3v) is 2.85. The normalized spacial score (nSPS) is 30.0. The van der Waals surface area contributed by atoms with Gasteiger partial charge in [0.15, 0.2) is 6.29 Å². The molecule has 1 atom stereocenters. The summed E-state index contributed by atoms with van der Waals surface area (Å²) in [6.45, 7) is 2.78. The predicted octanol–water partition coefficient (Wildman–Crippen LogP) is 1.28. The van der Waals surface area contributed by atoms with Crippen LogP contribution in [0.15, 0.2) is 0 Å². The van der Waals surface area contributed by atoms with Crippen molar-refractivity contribution in [3.05, 3.63) is 0 Å². The van der Waals surface area contributed by atoms with E-state index in [0.29, 0.717) is 0 Å². The van der Waals surface area contributed by atoms with Gasteiger partial charge in [0.2, 0.25) is 0 Å². The molecule has 2 aliphatic heterocycles. The largest absolute Gasteiger partial charge is 0.350 e. The highest BCUT2D eigenvalue weighted by Gasteiger charge is 2.17. The van der Waals surface area contributed by atoms with E-state index in [4.69, 9.17) is 9.47 Å². The second-order valence-corrected chi connectivity index (χ2v) is 3.90. The Bertz CT molecular complexity index is 124. The first kappa shape index (κ1) is 9.44. The SMILES string of the molecule is C1CN[C@H](CCCC2OCCO2)C1. The molecule has 0 unspecified atom stereocenters. The third-order valence-electron chi connectivity index (χ3n) is 2.85. The summed E-state index contributed by atoms with van der Waals surface area (Å²) in [6, 6.07) is 0.765. The molecule has 0 amide bonds. The summed E-state index contributed by atoms with van der Waals surface area (Å²) in [7, 11) is 0. The summed E-state index contributed by atoms with van der Waals surface area (Å²) in [5, 5.41) is 3.50. The van der Waals surface area contributed by atoms with Crippen molar-refractivity contribution in [1.29, 1.82) is 0 Å². The minimum absolute atomic E-state index is 0.0985. The maximum atomic E-state index is 5.38. The van der Waals surface area contributed by atoms with Gasteiger partial charge in [-0.2, -0.15) is 0 Å². The lowest BCUT2D eigenvalue weighted by atomic mass is 10.1. The van der Waals surface area contributed by atoms with E-state index >= 15 is 0 Å². The number of nitrogens with one attached hydrogen (secondary N) is 1. The maximum absolute atomic E-state index is 5.38. The molecule has 0 aromatic rings. The highest BCUT2D eigenvalue weighted by atomic mass is 16.7. The van der Waals surface area contributed by atoms with Crippen LogP contribution >= 0.6 is 0 Å². The highest BCUT2D eigenvalue weighted by Crippen LogP contribution is 2.16. The van der Waals surface area contributed by atoms with E-state index in [-0.39, 0.29) is 6.29 Å². The van der Waals surface area contributed by atoms with Crippen molar-refractivity contribution >= 4 is 0 Å². The quantitative estimate of drug-likeness (QED) is 0.715. The standard InChI is InChI=1S/C10H19NO2/c1(3-9-4-2-6-11-9)5-10-12-7-8-13-10/h9-11H,1-8H2/t9-/m1/s1. The first-order chi connectivity index (χ1) is 6.45. The van der Waals surface area contributed by atoms with Crippen molar-refractivity contribution in [2.45, 2.75) is 44.4 Å². The Morgan fingerprint density at radius 3 is 2.69 bits per heavy atom. The molecule has 0 radical (unpaired) electrons. The molecule has 0 aromatic heterocycles. The van der Waals surface area contributed by atoms with Crippen LogP contribution in [0.5, 0.6) is 0 Å². The second-order valence-electron chi connectivity index (χ2n) is 3.90. The number of rotatable bonds is 4. The molecular weight excluding hydrogens is 166 g/mol. The van der Waals surface area contributed by atoms with Crippen LogP contribution in [-0.4, -0.2) is 32.1 Å². The lowest BCUT2D eigenvalue weighted by Crippen LogP contribution is -2.21. The lowest BCUT2D eigenvalue weighted by Gasteiger charge is -2.12. The summed E-state index contributed by atoms with van der Waals surface area (Å²) in [4.78, 5) is 0. The molecular formula is C10H19NO2. The molecule has 0 spiro atoms. The van der Waals surface area contributed by atoms with Gasteiger partial charge in [-0.15, -0.1) is 0 Å². The summed E-state index contributed by atoms with van der Waals surface area (Å²) < 4.78 is 10.8. The molecule has 0 saturated carbocycles. The van der Waals surface area contributed by atoms with E-state index in [1.165, 1.54) is 32.2 Å². The van der Waals surface area contributed by atoms with Gasteiger partial charge in [-0.25, -0.2) is 0 Å². The smallest absolute Gasteiger partial charge is 0.157 e. The molecule has 3 heteroatoms. The average molecular weight is 185 g/mol. The maximum Gasteiger partial charge on any atom is 0.157 e. The lowest BCUT2D eigenvalue weighted by molar-refractivity contribution is -0.0482. The van der Waals surface area contributed by atoms with Crippen molar-refractivity contribution in [3.63, 3.8) is 0 Å². The fraction of sp³-hybridized carbons (Fsp3) is 1.00. The molecule has 1 N–H and O–H groups in total. The predicted molar refractivity (Wildman–Crippen MR) is 50.6 cm³/mol. The molecule has 2 saturated heterocycles. The van der Waals surface area contributed by atoms with Gasteiger partial charge in [-0.3, -0.25) is 0 Å². The summed E-state index contributed by atoms with van der Waals surface area (Å²) in [6.07, 6.45) is 6.37. The molecule has 0 aromatic carbocycles. The van der Waals surface area contributed by atoms with Crippen LogP contribution in [0.25, 0.3) is 0 Å². The van der Waals surface area contributed by atoms with Gasteiger partial charge in [-0.05, 0) is 38.6 Å². The Labute approximate surface area is 79.8 Å². The minimum Gasteiger partial charge on any atom is -0.350 e. The molecule has 13 heavy (non-hydrogen) atoms. The second kappa shape index (κ2) is 4.94. The summed E-state index contributed by atoms with van der Waals surface area (Å²) in [5.74, 6) is 0. The van der Waals surface area contributed by atoms with Gasteiger partial charge >= 0.3 is 0 Å². The van der Waals surface area contributed by atoms with Crippen molar-refractivity contribution in [2.75, 3.05) is 19.8 Å². The van der Waals surface area contributed by atoms with Crippen LogP contribution in [0, 0.1) is 0 Å². The number of hydrogen-bond acceptors (Lipinski definition) is 3. The monoisotopic (exact) mass is 185 g/mol. The molecule has 76 valence electrons. The van der Waals surface area contributed by atoms with E-state index in [0.717, 1.165) is 25.7 Å². The van der Waals surface area contributed by atoms with Gasteiger partial charge in [0.05, 0.1) is 13.2 Å². The first-order valence-electron chi connectivity index (χ1n) is 5.42. The van der Waals surface area contributed by atoms with Gasteiger partial charge in [0.25, 0.3) is 0 Å². The Morgan fingerprint density at radius 2 is 2.00 bits per heavy atom. The fourth-order valence-corrected chi connectivity index (χ4v) is 2.11. The molecule has 0 bridgehead atoms. The van der Waals surface area contributed by atoms with Crippen LogP contribution in [0.3, 0.4) is 0 Å². The van der Waals surface area contributed by atoms with Crippen molar-refractivity contribution in [1.82, 2.24) is 5.32 Å². The van der Waals surface area contributed by atoms with E-state index in [9.17, 15) is 0 Å². The zero-order valence-corrected chi connectivity index (χ0v) is 8.13. The van der Waals surface area contributed by atoms with Crippen LogP contribution < -0.4 is 5.32 Å². The molecule has 2 heterocycles. The molecule has 0 aliphatic carbocycles. The minimum atomic E-state index is 0.0985. The summed E-state index contributed by atoms with van der Waals surface area (Å²) >= 11 is 0. The Morgan fingerprint density at radius 1 is 1.15 bits per heavy atom. The van der Waals surface area contributed by atoms with E-state index in [1.807, 2.05) is 0 Å². The Balaban J connectivity index is 1.52. The highest BCUT2D eigenvalue weighted by molar-refractivity contribution is 4.73. The van der Waals surface area contributed by atoms with Crippen molar-refractivity contribution in [2.24, 2.45) is 0 Å². The zero-order valence-electron chi connectivity index (χ0n) is 8.13. The average Bonchev–Trinajstić information content (AvgIpc) is 2.75. The Kier molecular flexibility index (Phi) is 3.58. The van der Waals surface area contributed by atoms with Crippen LogP contribution in [-0.2, 0) is 9.47 Å². The number of ether oxygens (including phenoxy) is 2. The van der Waals surface area contributed by atoms with Gasteiger partial charge in [0.1, 0.15) is 0 Å². The van der Waals surface area contributed by atoms with Crippen LogP contribution in [0.2, 0.25) is 0 Å². The number of hydrogen-bond donors (Lipinski definition) is 1. The third kappa shape index (κ3) is 2.93. The molecule has 2 aliphatic rings. The van der Waals surface area contributed by atoms with Crippen LogP contribution in [0.4, 0.5) is 0 Å². The van der Waals surface area contributed by atoms with Crippen molar-refractivity contribution < 1.29 is 9.47 Å². The van der Waals surface area contributed by atoms with Gasteiger partial charge < -0.3 is 14.8 Å². The van der Waals surface area contributed by atoms with Crippen molar-refractivity contribution in [3.8, 4) is 0 Å². The van der Waals surface area contributed by atoms with E-state index in [1.54, 1.807) is 0 Å². The van der Waals surface area contributed by atoms with Crippen LogP contribution in [0.1, 0.15) is 32.1 Å². The molecule has 3 nitrogen and oxygen atoms in total. The fourth-order valence-electron chi connectivity index (χ4n) is 2.11. The van der Waals surface area contributed by atoms with Gasteiger partial charge in [0, 0.05) is 6.04 Å². The Hall–Kier alpha value is -0.120. The van der Waals surface area contributed by atoms with E-state index < -0.39 is 0 Å². The van der Waals surface area contributed by atoms with Gasteiger partial charge in [-0.1, -0.05) is 0 Å². The summed E-state index contributed by atoms with van der Waals surface area (Å²) in [5.41, 5.74) is 0.